The minimum absolute atomic E-state index is 0.0750. The van der Waals surface area contributed by atoms with Gasteiger partial charge in [0, 0.05) is 24.7 Å². The summed E-state index contributed by atoms with van der Waals surface area (Å²) >= 11 is 0. The second kappa shape index (κ2) is 8.71. The lowest BCUT2D eigenvalue weighted by Gasteiger charge is -2.33. The summed E-state index contributed by atoms with van der Waals surface area (Å²) in [5.74, 6) is 0.887. The van der Waals surface area contributed by atoms with Crippen molar-refractivity contribution in [1.29, 1.82) is 0 Å². The number of benzene rings is 2. The van der Waals surface area contributed by atoms with Crippen LogP contribution in [-0.2, 0) is 13.0 Å². The number of nitrogens with one attached hydrogen (secondary N) is 1. The molecule has 1 heterocycles. The highest BCUT2D eigenvalue weighted by Crippen LogP contribution is 2.28. The molecule has 2 aromatic rings. The van der Waals surface area contributed by atoms with Crippen molar-refractivity contribution in [2.45, 2.75) is 51.1 Å². The molecule has 1 aliphatic carbocycles. The van der Waals surface area contributed by atoms with E-state index in [1.807, 2.05) is 30.3 Å². The number of hydrogen-bond acceptors (Lipinski definition) is 2. The van der Waals surface area contributed by atoms with Gasteiger partial charge in [-0.2, -0.15) is 0 Å². The Kier molecular flexibility index (Phi) is 5.88. The molecular weight excluding hydrogens is 332 g/mol. The summed E-state index contributed by atoms with van der Waals surface area (Å²) in [6.07, 6.45) is 7.20. The predicted octanol–water partition coefficient (Wildman–Crippen LogP) is 4.42. The van der Waals surface area contributed by atoms with Crippen LogP contribution in [0.4, 0.5) is 0 Å². The van der Waals surface area contributed by atoms with Crippen molar-refractivity contribution in [2.75, 3.05) is 13.1 Å². The van der Waals surface area contributed by atoms with E-state index in [1.54, 1.807) is 0 Å². The van der Waals surface area contributed by atoms with Crippen molar-refractivity contribution in [3.8, 4) is 0 Å². The fourth-order valence-electron chi connectivity index (χ4n) is 4.56. The molecule has 1 amide bonds. The molecule has 0 radical (unpaired) electrons. The molecule has 1 fully saturated rings. The molecule has 2 aliphatic rings. The summed E-state index contributed by atoms with van der Waals surface area (Å²) in [4.78, 5) is 14.9. The molecule has 1 N–H and O–H groups in total. The van der Waals surface area contributed by atoms with Crippen LogP contribution in [0.3, 0.4) is 0 Å². The van der Waals surface area contributed by atoms with Crippen LogP contribution in [0, 0.1) is 5.92 Å². The zero-order valence-corrected chi connectivity index (χ0v) is 16.1. The van der Waals surface area contributed by atoms with Crippen molar-refractivity contribution in [3.63, 3.8) is 0 Å². The zero-order valence-electron chi connectivity index (χ0n) is 16.1. The van der Waals surface area contributed by atoms with E-state index < -0.39 is 0 Å². The molecule has 3 nitrogen and oxygen atoms in total. The van der Waals surface area contributed by atoms with Crippen LogP contribution in [0.1, 0.15) is 53.6 Å². The molecule has 1 saturated carbocycles. The van der Waals surface area contributed by atoms with Crippen molar-refractivity contribution >= 4 is 5.91 Å². The minimum atomic E-state index is 0.0750. The normalized spacial score (nSPS) is 22.8. The molecule has 0 spiro atoms. The van der Waals surface area contributed by atoms with Gasteiger partial charge in [0.2, 0.25) is 0 Å². The first-order valence-electron chi connectivity index (χ1n) is 10.4. The van der Waals surface area contributed by atoms with Crippen LogP contribution in [0.5, 0.6) is 0 Å². The second-order valence-corrected chi connectivity index (χ2v) is 8.14. The summed E-state index contributed by atoms with van der Waals surface area (Å²) in [6, 6.07) is 18.8. The SMILES string of the molecule is O=C(NC1CCC(CCN2CCc3ccccc3C2)CC1)c1ccccc1. The smallest absolute Gasteiger partial charge is 0.251 e. The van der Waals surface area contributed by atoms with Crippen LogP contribution in [0.15, 0.2) is 54.6 Å². The Labute approximate surface area is 162 Å². The van der Waals surface area contributed by atoms with Gasteiger partial charge in [0.1, 0.15) is 0 Å². The van der Waals surface area contributed by atoms with Crippen LogP contribution >= 0.6 is 0 Å². The summed E-state index contributed by atoms with van der Waals surface area (Å²) in [6.45, 7) is 3.51. The van der Waals surface area contributed by atoms with Gasteiger partial charge < -0.3 is 5.32 Å². The Hall–Kier alpha value is -2.13. The van der Waals surface area contributed by atoms with Gasteiger partial charge >= 0.3 is 0 Å². The third-order valence-electron chi connectivity index (χ3n) is 6.28. The Bertz CT molecular complexity index is 750. The Morgan fingerprint density at radius 2 is 1.63 bits per heavy atom. The van der Waals surface area contributed by atoms with Gasteiger partial charge in [0.15, 0.2) is 0 Å². The molecule has 3 heteroatoms. The largest absolute Gasteiger partial charge is 0.349 e. The number of carbonyl (C=O) groups excluding carboxylic acids is 1. The molecule has 0 aromatic heterocycles. The van der Waals surface area contributed by atoms with Gasteiger partial charge in [-0.1, -0.05) is 42.5 Å². The monoisotopic (exact) mass is 362 g/mol. The van der Waals surface area contributed by atoms with Gasteiger partial charge in [-0.15, -0.1) is 0 Å². The molecule has 142 valence electrons. The predicted molar refractivity (Wildman–Crippen MR) is 110 cm³/mol. The highest BCUT2D eigenvalue weighted by molar-refractivity contribution is 5.94. The summed E-state index contributed by atoms with van der Waals surface area (Å²) in [7, 11) is 0. The molecule has 2 aromatic carbocycles. The van der Waals surface area contributed by atoms with Crippen LogP contribution in [0.25, 0.3) is 0 Å². The van der Waals surface area contributed by atoms with Gasteiger partial charge in [0.25, 0.3) is 5.91 Å². The van der Waals surface area contributed by atoms with E-state index in [-0.39, 0.29) is 5.91 Å². The third kappa shape index (κ3) is 4.78. The molecule has 4 rings (SSSR count). The number of nitrogens with zero attached hydrogens (tertiary/aromatic N) is 1. The Morgan fingerprint density at radius 3 is 2.41 bits per heavy atom. The van der Waals surface area contributed by atoms with Crippen molar-refractivity contribution in [3.05, 3.63) is 71.3 Å². The van der Waals surface area contributed by atoms with Gasteiger partial charge in [0.05, 0.1) is 0 Å². The summed E-state index contributed by atoms with van der Waals surface area (Å²) < 4.78 is 0. The summed E-state index contributed by atoms with van der Waals surface area (Å²) in [5, 5.41) is 3.22. The zero-order chi connectivity index (χ0) is 18.5. The highest BCUT2D eigenvalue weighted by atomic mass is 16.1. The van der Waals surface area contributed by atoms with E-state index in [1.165, 1.54) is 49.9 Å². The third-order valence-corrected chi connectivity index (χ3v) is 6.28. The maximum absolute atomic E-state index is 12.3. The lowest BCUT2D eigenvalue weighted by Crippen LogP contribution is -2.38. The second-order valence-electron chi connectivity index (χ2n) is 8.14. The topological polar surface area (TPSA) is 32.3 Å². The Balaban J connectivity index is 1.19. The first kappa shape index (κ1) is 18.2. The van der Waals surface area contributed by atoms with Crippen LogP contribution < -0.4 is 5.32 Å². The van der Waals surface area contributed by atoms with Crippen molar-refractivity contribution < 1.29 is 4.79 Å². The van der Waals surface area contributed by atoms with Gasteiger partial charge in [-0.25, -0.2) is 0 Å². The average Bonchev–Trinajstić information content (AvgIpc) is 2.74. The van der Waals surface area contributed by atoms with Crippen molar-refractivity contribution in [1.82, 2.24) is 10.2 Å². The van der Waals surface area contributed by atoms with Crippen molar-refractivity contribution in [2.24, 2.45) is 5.92 Å². The van der Waals surface area contributed by atoms with Crippen LogP contribution in [-0.4, -0.2) is 29.9 Å². The number of amides is 1. The quantitative estimate of drug-likeness (QED) is 0.854. The Morgan fingerprint density at radius 1 is 0.926 bits per heavy atom. The summed E-state index contributed by atoms with van der Waals surface area (Å²) in [5.41, 5.74) is 3.81. The average molecular weight is 363 g/mol. The molecular formula is C24H30N2O. The fraction of sp³-hybridized carbons (Fsp3) is 0.458. The standard InChI is InChI=1S/C24H30N2O/c27-24(21-7-2-1-3-8-21)25-23-12-10-19(11-13-23)14-16-26-17-15-20-6-4-5-9-22(20)18-26/h1-9,19,23H,10-18H2,(H,25,27). The lowest BCUT2D eigenvalue weighted by molar-refractivity contribution is 0.0919. The molecule has 0 unspecified atom stereocenters. The van der Waals surface area contributed by atoms with Crippen LogP contribution in [0.2, 0.25) is 0 Å². The van der Waals surface area contributed by atoms with E-state index in [0.717, 1.165) is 30.9 Å². The minimum Gasteiger partial charge on any atom is -0.349 e. The molecule has 0 saturated heterocycles. The fourth-order valence-corrected chi connectivity index (χ4v) is 4.56. The van der Waals surface area contributed by atoms with Gasteiger partial charge in [-0.3, -0.25) is 9.69 Å². The number of fused-ring (bicyclic) bond motifs is 1. The van der Waals surface area contributed by atoms with E-state index in [9.17, 15) is 4.79 Å². The number of carbonyl (C=O) groups is 1. The molecule has 0 atom stereocenters. The van der Waals surface area contributed by atoms with E-state index in [0.29, 0.717) is 6.04 Å². The number of rotatable bonds is 5. The molecule has 1 aliphatic heterocycles. The van der Waals surface area contributed by atoms with E-state index >= 15 is 0 Å². The first-order valence-corrected chi connectivity index (χ1v) is 10.4. The first-order chi connectivity index (χ1) is 13.3. The number of hydrogen-bond donors (Lipinski definition) is 1. The van der Waals surface area contributed by atoms with E-state index in [4.69, 9.17) is 0 Å². The maximum Gasteiger partial charge on any atom is 0.251 e. The lowest BCUT2D eigenvalue weighted by atomic mass is 9.83. The highest BCUT2D eigenvalue weighted by Gasteiger charge is 2.24. The molecule has 27 heavy (non-hydrogen) atoms. The van der Waals surface area contributed by atoms with E-state index in [2.05, 4.69) is 34.5 Å². The maximum atomic E-state index is 12.3. The van der Waals surface area contributed by atoms with Gasteiger partial charge in [-0.05, 0) is 74.2 Å². The molecule has 0 bridgehead atoms.